The Morgan fingerprint density at radius 1 is 1.20 bits per heavy atom. The zero-order chi connectivity index (χ0) is 14.8. The summed E-state index contributed by atoms with van der Waals surface area (Å²) < 4.78 is 5.17. The highest BCUT2D eigenvalue weighted by atomic mass is 32.1. The number of cyclic esters (lactones) is 1. The van der Waals surface area contributed by atoms with Crippen LogP contribution in [-0.4, -0.2) is 22.2 Å². The maximum atomic E-state index is 11.4. The van der Waals surface area contributed by atoms with Crippen LogP contribution < -0.4 is 0 Å². The molecule has 1 heterocycles. The minimum atomic E-state index is -0.0404. The van der Waals surface area contributed by atoms with Gasteiger partial charge in [-0.3, -0.25) is 4.79 Å². The van der Waals surface area contributed by atoms with E-state index in [-0.39, 0.29) is 23.0 Å². The lowest BCUT2D eigenvalue weighted by Crippen LogP contribution is -2.44. The lowest BCUT2D eigenvalue weighted by Gasteiger charge is -2.35. The van der Waals surface area contributed by atoms with Gasteiger partial charge < -0.3 is 9.84 Å². The lowest BCUT2D eigenvalue weighted by molar-refractivity contribution is -0.186. The molecule has 3 nitrogen and oxygen atoms in total. The van der Waals surface area contributed by atoms with Gasteiger partial charge in [0.25, 0.3) is 0 Å². The fraction of sp³-hybridized carbons (Fsp3) is 0.750. The molecule has 1 aliphatic heterocycles. The molecule has 1 N–H and O–H groups in total. The standard InChI is InChI=1S/C16H24O3S/c1-2-3-7-11-14-13(16(18)19-14)10-8-5-4-6-9-12-15(17)20/h1,13-14H,3-12H2,(H,17,20). The molecule has 20 heavy (non-hydrogen) atoms. The van der Waals surface area contributed by atoms with Gasteiger partial charge in [-0.1, -0.05) is 25.7 Å². The zero-order valence-corrected chi connectivity index (χ0v) is 12.8. The molecule has 112 valence electrons. The molecule has 0 spiro atoms. The number of carbonyl (C=O) groups excluding carboxylic acids is 1. The van der Waals surface area contributed by atoms with Gasteiger partial charge in [0.1, 0.15) is 6.10 Å². The summed E-state index contributed by atoms with van der Waals surface area (Å²) in [5.41, 5.74) is 0. The van der Waals surface area contributed by atoms with E-state index in [1.807, 2.05) is 0 Å². The number of carbonyl (C=O) groups is 1. The summed E-state index contributed by atoms with van der Waals surface area (Å²) in [6.07, 6.45) is 14.8. The number of hydrogen-bond acceptors (Lipinski definition) is 3. The summed E-state index contributed by atoms with van der Waals surface area (Å²) in [6.45, 7) is 0. The van der Waals surface area contributed by atoms with Crippen molar-refractivity contribution in [1.29, 1.82) is 0 Å². The maximum absolute atomic E-state index is 11.4. The fourth-order valence-electron chi connectivity index (χ4n) is 2.54. The van der Waals surface area contributed by atoms with Crippen molar-refractivity contribution in [2.45, 2.75) is 70.3 Å². The molecule has 2 unspecified atom stereocenters. The van der Waals surface area contributed by atoms with Crippen LogP contribution in [-0.2, 0) is 9.53 Å². The second-order valence-corrected chi connectivity index (χ2v) is 5.85. The van der Waals surface area contributed by atoms with Crippen molar-refractivity contribution in [3.8, 4) is 12.3 Å². The van der Waals surface area contributed by atoms with Gasteiger partial charge in [0.05, 0.1) is 5.92 Å². The first-order chi connectivity index (χ1) is 9.65. The number of aliphatic hydroxyl groups is 1. The Morgan fingerprint density at radius 3 is 2.55 bits per heavy atom. The minimum Gasteiger partial charge on any atom is -0.502 e. The van der Waals surface area contributed by atoms with Gasteiger partial charge in [0.15, 0.2) is 5.05 Å². The van der Waals surface area contributed by atoms with Crippen molar-refractivity contribution < 1.29 is 14.6 Å². The molecule has 1 rings (SSSR count). The number of thiocarbonyl (C=S) groups is 1. The Balaban J connectivity index is 2.01. The predicted octanol–water partition coefficient (Wildman–Crippen LogP) is 3.95. The van der Waals surface area contributed by atoms with Crippen LogP contribution >= 0.6 is 12.2 Å². The number of ether oxygens (including phenoxy) is 1. The summed E-state index contributed by atoms with van der Waals surface area (Å²) in [4.78, 5) is 11.4. The Labute approximate surface area is 127 Å². The smallest absolute Gasteiger partial charge is 0.313 e. The fourth-order valence-corrected chi connectivity index (χ4v) is 2.68. The minimum absolute atomic E-state index is 0.0404. The number of unbranched alkanes of at least 4 members (excludes halogenated alkanes) is 5. The van der Waals surface area contributed by atoms with Gasteiger partial charge in [-0.05, 0) is 37.9 Å². The molecule has 2 atom stereocenters. The summed E-state index contributed by atoms with van der Waals surface area (Å²) in [7, 11) is 0. The van der Waals surface area contributed by atoms with Crippen molar-refractivity contribution >= 4 is 23.2 Å². The normalized spacial score (nSPS) is 20.9. The first-order valence-corrected chi connectivity index (χ1v) is 7.91. The van der Waals surface area contributed by atoms with Crippen molar-refractivity contribution in [3.63, 3.8) is 0 Å². The molecule has 1 fully saturated rings. The molecule has 0 radical (unpaired) electrons. The molecule has 1 saturated heterocycles. The topological polar surface area (TPSA) is 46.5 Å². The molecule has 0 saturated carbocycles. The predicted molar refractivity (Wildman–Crippen MR) is 83.6 cm³/mol. The molecule has 0 aliphatic carbocycles. The van der Waals surface area contributed by atoms with Gasteiger partial charge in [0.2, 0.25) is 0 Å². The van der Waals surface area contributed by atoms with E-state index in [0.29, 0.717) is 6.42 Å². The number of aliphatic hydroxyl groups excluding tert-OH is 1. The summed E-state index contributed by atoms with van der Waals surface area (Å²) in [5.74, 6) is 2.66. The number of rotatable bonds is 11. The highest BCUT2D eigenvalue weighted by molar-refractivity contribution is 7.80. The average Bonchev–Trinajstić information content (AvgIpc) is 2.40. The molecule has 0 aromatic carbocycles. The van der Waals surface area contributed by atoms with Gasteiger partial charge in [-0.15, -0.1) is 12.3 Å². The van der Waals surface area contributed by atoms with Crippen molar-refractivity contribution in [2.75, 3.05) is 0 Å². The van der Waals surface area contributed by atoms with E-state index in [9.17, 15) is 4.79 Å². The molecule has 4 heteroatoms. The van der Waals surface area contributed by atoms with Crippen LogP contribution in [0.25, 0.3) is 0 Å². The van der Waals surface area contributed by atoms with Crippen molar-refractivity contribution in [1.82, 2.24) is 0 Å². The third kappa shape index (κ3) is 6.38. The molecule has 1 aliphatic rings. The van der Waals surface area contributed by atoms with E-state index in [1.54, 1.807) is 0 Å². The first kappa shape index (κ1) is 17.0. The molecule has 0 aromatic rings. The Bertz CT molecular complexity index is 359. The van der Waals surface area contributed by atoms with E-state index < -0.39 is 0 Å². The second kappa shape index (κ2) is 9.77. The third-order valence-electron chi connectivity index (χ3n) is 3.73. The molecular formula is C16H24O3S. The van der Waals surface area contributed by atoms with Crippen LogP contribution in [0.1, 0.15) is 64.2 Å². The van der Waals surface area contributed by atoms with Gasteiger partial charge in [-0.2, -0.15) is 0 Å². The second-order valence-electron chi connectivity index (χ2n) is 5.38. The van der Waals surface area contributed by atoms with Crippen molar-refractivity contribution in [3.05, 3.63) is 0 Å². The SMILES string of the molecule is C#CCCCC1OC(=O)C1CCCCCCCC(O)=S. The van der Waals surface area contributed by atoms with Gasteiger partial charge in [-0.25, -0.2) is 0 Å². The van der Waals surface area contributed by atoms with Crippen LogP contribution in [0, 0.1) is 18.3 Å². The molecule has 0 aromatic heterocycles. The van der Waals surface area contributed by atoms with Gasteiger partial charge >= 0.3 is 5.97 Å². The lowest BCUT2D eigenvalue weighted by atomic mass is 9.87. The van der Waals surface area contributed by atoms with E-state index in [1.165, 1.54) is 0 Å². The van der Waals surface area contributed by atoms with Crippen LogP contribution in [0.2, 0.25) is 0 Å². The molecule has 0 amide bonds. The van der Waals surface area contributed by atoms with E-state index >= 15 is 0 Å². The Hall–Kier alpha value is -1.08. The number of terminal acetylenes is 1. The van der Waals surface area contributed by atoms with Crippen LogP contribution in [0.4, 0.5) is 0 Å². The number of esters is 1. The van der Waals surface area contributed by atoms with Crippen LogP contribution in [0.5, 0.6) is 0 Å². The van der Waals surface area contributed by atoms with Gasteiger partial charge in [0, 0.05) is 12.8 Å². The summed E-state index contributed by atoms with van der Waals surface area (Å²) in [5, 5.41) is 8.99. The Kier molecular flexibility index (Phi) is 8.29. The zero-order valence-electron chi connectivity index (χ0n) is 12.0. The van der Waals surface area contributed by atoms with E-state index in [4.69, 9.17) is 16.3 Å². The molecular weight excluding hydrogens is 272 g/mol. The number of hydrogen-bond donors (Lipinski definition) is 1. The first-order valence-electron chi connectivity index (χ1n) is 7.51. The van der Waals surface area contributed by atoms with Crippen molar-refractivity contribution in [2.24, 2.45) is 5.92 Å². The van der Waals surface area contributed by atoms with E-state index in [0.717, 1.165) is 57.8 Å². The monoisotopic (exact) mass is 296 g/mol. The highest BCUT2D eigenvalue weighted by Crippen LogP contribution is 2.31. The highest BCUT2D eigenvalue weighted by Gasteiger charge is 2.40. The van der Waals surface area contributed by atoms with Crippen LogP contribution in [0.3, 0.4) is 0 Å². The largest absolute Gasteiger partial charge is 0.502 e. The third-order valence-corrected chi connectivity index (χ3v) is 3.94. The van der Waals surface area contributed by atoms with Crippen LogP contribution in [0.15, 0.2) is 0 Å². The summed E-state index contributed by atoms with van der Waals surface area (Å²) in [6, 6.07) is 0. The quantitative estimate of drug-likeness (QED) is 0.271. The maximum Gasteiger partial charge on any atom is 0.313 e. The summed E-state index contributed by atoms with van der Waals surface area (Å²) >= 11 is 4.62. The van der Waals surface area contributed by atoms with E-state index in [2.05, 4.69) is 18.1 Å². The average molecular weight is 296 g/mol. The molecule has 0 bridgehead atoms. The Morgan fingerprint density at radius 2 is 1.90 bits per heavy atom.